The van der Waals surface area contributed by atoms with E-state index in [9.17, 15) is 24.6 Å². The summed E-state index contributed by atoms with van der Waals surface area (Å²) in [7, 11) is 0. The van der Waals surface area contributed by atoms with Gasteiger partial charge in [-0.15, -0.1) is 0 Å². The molecule has 3 aromatic carbocycles. The molecule has 3 rings (SSSR count). The van der Waals surface area contributed by atoms with Crippen molar-refractivity contribution in [2.24, 2.45) is 0 Å². The topological polar surface area (TPSA) is 116 Å². The Balaban J connectivity index is 1.76. The molecule has 0 aliphatic carbocycles. The number of carboxylic acids is 1. The Morgan fingerprint density at radius 3 is 1.89 bits per heavy atom. The number of hydrogen-bond donors (Lipinski definition) is 4. The molecule has 0 bridgehead atoms. The summed E-state index contributed by atoms with van der Waals surface area (Å²) < 4.78 is 0. The minimum atomic E-state index is -1.72. The van der Waals surface area contributed by atoms with Gasteiger partial charge < -0.3 is 20.8 Å². The van der Waals surface area contributed by atoms with Crippen LogP contribution in [0.15, 0.2) is 84.9 Å². The van der Waals surface area contributed by atoms with Crippen molar-refractivity contribution in [2.75, 3.05) is 0 Å². The average molecular weight is 489 g/mol. The van der Waals surface area contributed by atoms with E-state index in [0.29, 0.717) is 11.1 Å². The lowest BCUT2D eigenvalue weighted by molar-refractivity contribution is -0.143. The van der Waals surface area contributed by atoms with Crippen LogP contribution in [0.3, 0.4) is 0 Å². The van der Waals surface area contributed by atoms with E-state index >= 15 is 0 Å². The smallest absolute Gasteiger partial charge is 0.326 e. The van der Waals surface area contributed by atoms with Gasteiger partial charge in [0, 0.05) is 12.0 Å². The summed E-state index contributed by atoms with van der Waals surface area (Å²) in [4.78, 5) is 37.7. The minimum Gasteiger partial charge on any atom is -0.480 e. The first-order valence-corrected chi connectivity index (χ1v) is 11.8. The fourth-order valence-corrected chi connectivity index (χ4v) is 3.80. The van der Waals surface area contributed by atoms with Crippen LogP contribution in [0.25, 0.3) is 0 Å². The SMILES string of the molecule is CC(C)(C)c1ccc(C[C@H](NC(=O)[C@H](O)[C@@H](NC(=O)c2ccccc2)c2ccccc2)C(=O)O)cc1. The minimum absolute atomic E-state index is 0.0420. The van der Waals surface area contributed by atoms with Gasteiger partial charge in [-0.2, -0.15) is 0 Å². The first-order chi connectivity index (χ1) is 17.1. The summed E-state index contributed by atoms with van der Waals surface area (Å²) in [5, 5.41) is 25.8. The molecular formula is C29H32N2O5. The number of nitrogens with one attached hydrogen (secondary N) is 2. The van der Waals surface area contributed by atoms with E-state index in [2.05, 4.69) is 31.4 Å². The molecule has 0 spiro atoms. The van der Waals surface area contributed by atoms with Crippen molar-refractivity contribution >= 4 is 17.8 Å². The summed E-state index contributed by atoms with van der Waals surface area (Å²) in [6.45, 7) is 6.26. The van der Waals surface area contributed by atoms with Crippen LogP contribution >= 0.6 is 0 Å². The van der Waals surface area contributed by atoms with Gasteiger partial charge in [0.1, 0.15) is 6.04 Å². The highest BCUT2D eigenvalue weighted by atomic mass is 16.4. The lowest BCUT2D eigenvalue weighted by atomic mass is 9.86. The summed E-state index contributed by atoms with van der Waals surface area (Å²) >= 11 is 0. The lowest BCUT2D eigenvalue weighted by Crippen LogP contribution is -2.50. The summed E-state index contributed by atoms with van der Waals surface area (Å²) in [5.74, 6) is -2.58. The van der Waals surface area contributed by atoms with Crippen LogP contribution in [0.4, 0.5) is 0 Å². The van der Waals surface area contributed by atoms with Crippen molar-refractivity contribution in [3.8, 4) is 0 Å². The van der Waals surface area contributed by atoms with Crippen molar-refractivity contribution in [1.82, 2.24) is 10.6 Å². The van der Waals surface area contributed by atoms with Gasteiger partial charge in [0.25, 0.3) is 11.8 Å². The molecule has 2 amide bonds. The summed E-state index contributed by atoms with van der Waals surface area (Å²) in [6, 6.07) is 22.2. The van der Waals surface area contributed by atoms with Crippen LogP contribution in [-0.4, -0.2) is 40.1 Å². The fraction of sp³-hybridized carbons (Fsp3) is 0.276. The van der Waals surface area contributed by atoms with Crippen LogP contribution < -0.4 is 10.6 Å². The highest BCUT2D eigenvalue weighted by Gasteiger charge is 2.32. The number of carbonyl (C=O) groups is 3. The molecule has 4 N–H and O–H groups in total. The fourth-order valence-electron chi connectivity index (χ4n) is 3.80. The van der Waals surface area contributed by atoms with E-state index in [4.69, 9.17) is 0 Å². The molecule has 0 aliphatic heterocycles. The number of aliphatic hydroxyl groups excluding tert-OH is 1. The van der Waals surface area contributed by atoms with Gasteiger partial charge in [-0.1, -0.05) is 93.6 Å². The zero-order valence-corrected chi connectivity index (χ0v) is 20.6. The predicted octanol–water partition coefficient (Wildman–Crippen LogP) is 3.63. The molecular weight excluding hydrogens is 456 g/mol. The van der Waals surface area contributed by atoms with Gasteiger partial charge in [-0.05, 0) is 34.2 Å². The number of hydrogen-bond acceptors (Lipinski definition) is 4. The quantitative estimate of drug-likeness (QED) is 0.367. The van der Waals surface area contributed by atoms with E-state index in [1.807, 2.05) is 24.3 Å². The molecule has 0 unspecified atom stereocenters. The zero-order chi connectivity index (χ0) is 26.3. The summed E-state index contributed by atoms with van der Waals surface area (Å²) in [6.07, 6.45) is -1.67. The molecule has 3 atom stereocenters. The van der Waals surface area contributed by atoms with Crippen molar-refractivity contribution in [1.29, 1.82) is 0 Å². The monoisotopic (exact) mass is 488 g/mol. The third kappa shape index (κ3) is 7.02. The molecule has 36 heavy (non-hydrogen) atoms. The molecule has 0 aliphatic rings. The van der Waals surface area contributed by atoms with Gasteiger partial charge in [-0.3, -0.25) is 9.59 Å². The Kier molecular flexibility index (Phi) is 8.61. The molecule has 0 radical (unpaired) electrons. The van der Waals surface area contributed by atoms with Crippen LogP contribution in [0.5, 0.6) is 0 Å². The molecule has 188 valence electrons. The maximum atomic E-state index is 13.0. The third-order valence-electron chi connectivity index (χ3n) is 5.94. The molecule has 0 saturated heterocycles. The van der Waals surface area contributed by atoms with Crippen LogP contribution in [0, 0.1) is 0 Å². The summed E-state index contributed by atoms with van der Waals surface area (Å²) in [5.41, 5.74) is 2.68. The van der Waals surface area contributed by atoms with E-state index in [-0.39, 0.29) is 11.8 Å². The number of benzene rings is 3. The molecule has 7 nitrogen and oxygen atoms in total. The second kappa shape index (κ2) is 11.6. The maximum absolute atomic E-state index is 13.0. The Bertz CT molecular complexity index is 1170. The van der Waals surface area contributed by atoms with Crippen molar-refractivity contribution < 1.29 is 24.6 Å². The highest BCUT2D eigenvalue weighted by molar-refractivity contribution is 5.95. The number of aliphatic carboxylic acids is 1. The van der Waals surface area contributed by atoms with E-state index < -0.39 is 36.0 Å². The molecule has 0 saturated carbocycles. The molecule has 0 heterocycles. The third-order valence-corrected chi connectivity index (χ3v) is 5.94. The Morgan fingerprint density at radius 1 is 0.806 bits per heavy atom. The normalized spacial score (nSPS) is 13.8. The molecule has 7 heteroatoms. The van der Waals surface area contributed by atoms with Crippen LogP contribution in [-0.2, 0) is 21.4 Å². The maximum Gasteiger partial charge on any atom is 0.326 e. The number of carbonyl (C=O) groups excluding carboxylic acids is 2. The van der Waals surface area contributed by atoms with Gasteiger partial charge in [0.15, 0.2) is 6.10 Å². The van der Waals surface area contributed by atoms with Gasteiger partial charge in [0.05, 0.1) is 6.04 Å². The Hall–Kier alpha value is -3.97. The van der Waals surface area contributed by atoms with Crippen molar-refractivity contribution in [3.63, 3.8) is 0 Å². The standard InChI is InChI=1S/C29H32N2O5/c1-29(2,3)22-16-14-19(15-17-22)18-23(28(35)36)30-27(34)25(32)24(20-10-6-4-7-11-20)31-26(33)21-12-8-5-9-13-21/h4-17,23-25,32H,18H2,1-3H3,(H,30,34)(H,31,33)(H,35,36)/t23-,24-,25+/m0/s1. The van der Waals surface area contributed by atoms with E-state index in [1.165, 1.54) is 0 Å². The van der Waals surface area contributed by atoms with Gasteiger partial charge in [0.2, 0.25) is 0 Å². The zero-order valence-electron chi connectivity index (χ0n) is 20.6. The number of aliphatic hydroxyl groups is 1. The van der Waals surface area contributed by atoms with Gasteiger partial charge in [-0.25, -0.2) is 4.79 Å². The van der Waals surface area contributed by atoms with E-state index in [0.717, 1.165) is 11.1 Å². The number of rotatable bonds is 9. The first-order valence-electron chi connectivity index (χ1n) is 11.8. The van der Waals surface area contributed by atoms with Crippen LogP contribution in [0.2, 0.25) is 0 Å². The first kappa shape index (κ1) is 26.6. The Labute approximate surface area is 211 Å². The number of amides is 2. The molecule has 0 fully saturated rings. The molecule has 3 aromatic rings. The second-order valence-corrected chi connectivity index (χ2v) is 9.72. The Morgan fingerprint density at radius 2 is 1.36 bits per heavy atom. The van der Waals surface area contributed by atoms with Crippen LogP contribution in [0.1, 0.15) is 53.9 Å². The average Bonchev–Trinajstić information content (AvgIpc) is 2.87. The lowest BCUT2D eigenvalue weighted by Gasteiger charge is -2.25. The highest BCUT2D eigenvalue weighted by Crippen LogP contribution is 2.23. The molecule has 0 aromatic heterocycles. The largest absolute Gasteiger partial charge is 0.480 e. The predicted molar refractivity (Wildman–Crippen MR) is 138 cm³/mol. The second-order valence-electron chi connectivity index (χ2n) is 9.72. The van der Waals surface area contributed by atoms with E-state index in [1.54, 1.807) is 60.7 Å². The van der Waals surface area contributed by atoms with Crippen molar-refractivity contribution in [2.45, 2.75) is 50.8 Å². The number of carboxylic acid groups (broad SMARTS) is 1. The van der Waals surface area contributed by atoms with Gasteiger partial charge >= 0.3 is 5.97 Å². The van der Waals surface area contributed by atoms with Crippen molar-refractivity contribution in [3.05, 3.63) is 107 Å².